The van der Waals surface area contributed by atoms with Gasteiger partial charge in [0, 0.05) is 5.75 Å². The summed E-state index contributed by atoms with van der Waals surface area (Å²) in [5.74, 6) is 1.10. The van der Waals surface area contributed by atoms with Crippen LogP contribution >= 0.6 is 46.3 Å². The predicted molar refractivity (Wildman–Crippen MR) is 101 cm³/mol. The van der Waals surface area contributed by atoms with Crippen LogP contribution in [0.15, 0.2) is 42.5 Å². The van der Waals surface area contributed by atoms with Gasteiger partial charge in [0.15, 0.2) is 5.13 Å². The summed E-state index contributed by atoms with van der Waals surface area (Å²) in [5, 5.41) is 4.22. The first-order chi connectivity index (χ1) is 11.1. The van der Waals surface area contributed by atoms with Gasteiger partial charge in [-0.25, -0.2) is 4.98 Å². The zero-order valence-corrected chi connectivity index (χ0v) is 15.0. The Morgan fingerprint density at radius 2 is 1.96 bits per heavy atom. The van der Waals surface area contributed by atoms with Crippen LogP contribution in [0, 0.1) is 0 Å². The van der Waals surface area contributed by atoms with Gasteiger partial charge in [0.1, 0.15) is 5.52 Å². The van der Waals surface area contributed by atoms with Crippen LogP contribution in [0.4, 0.5) is 5.13 Å². The molecule has 0 bridgehead atoms. The minimum atomic E-state index is -0.0767. The fourth-order valence-electron chi connectivity index (χ4n) is 1.98. The molecule has 1 heterocycles. The number of carbonyl (C=O) groups excluding carboxylic acids is 1. The van der Waals surface area contributed by atoms with Crippen LogP contribution in [0.25, 0.3) is 10.2 Å². The zero-order valence-electron chi connectivity index (χ0n) is 11.9. The lowest BCUT2D eigenvalue weighted by Crippen LogP contribution is -2.13. The minimum absolute atomic E-state index is 0.0767. The van der Waals surface area contributed by atoms with Gasteiger partial charge < -0.3 is 5.32 Å². The Hall–Kier alpha value is -1.27. The number of amides is 1. The van der Waals surface area contributed by atoms with Gasteiger partial charge in [-0.1, -0.05) is 64.9 Å². The number of carbonyl (C=O) groups is 1. The van der Waals surface area contributed by atoms with E-state index < -0.39 is 0 Å². The van der Waals surface area contributed by atoms with Crippen LogP contribution < -0.4 is 5.32 Å². The number of thiazole rings is 1. The highest BCUT2D eigenvalue weighted by Crippen LogP contribution is 2.35. The molecule has 118 valence electrons. The lowest BCUT2D eigenvalue weighted by atomic mass is 10.2. The Labute approximate surface area is 152 Å². The minimum Gasteiger partial charge on any atom is -0.301 e. The molecule has 3 nitrogen and oxygen atoms in total. The quantitative estimate of drug-likeness (QED) is 0.635. The molecule has 0 radical (unpaired) electrons. The number of nitrogens with one attached hydrogen (secondary N) is 1. The number of nitrogens with zero attached hydrogens (tertiary/aromatic N) is 1. The Kier molecular flexibility index (Phi) is 5.43. The van der Waals surface area contributed by atoms with Crippen molar-refractivity contribution < 1.29 is 4.79 Å². The molecular formula is C16H12Cl2N2OS2. The molecule has 7 heteroatoms. The normalized spacial score (nSPS) is 10.9. The summed E-state index contributed by atoms with van der Waals surface area (Å²) in [6.07, 6.45) is 0. The molecule has 0 aliphatic rings. The van der Waals surface area contributed by atoms with Crippen molar-refractivity contribution in [3.8, 4) is 0 Å². The monoisotopic (exact) mass is 382 g/mol. The Bertz CT molecular complexity index is 837. The fraction of sp³-hybridized carbons (Fsp3) is 0.125. The number of hydrogen-bond acceptors (Lipinski definition) is 4. The van der Waals surface area contributed by atoms with E-state index in [0.29, 0.717) is 26.4 Å². The third-order valence-electron chi connectivity index (χ3n) is 3.04. The summed E-state index contributed by atoms with van der Waals surface area (Å²) < 4.78 is 0.895. The number of anilines is 1. The summed E-state index contributed by atoms with van der Waals surface area (Å²) >= 11 is 15.0. The largest absolute Gasteiger partial charge is 0.301 e. The van der Waals surface area contributed by atoms with Crippen molar-refractivity contribution in [2.75, 3.05) is 11.1 Å². The average molecular weight is 383 g/mol. The highest BCUT2D eigenvalue weighted by molar-refractivity contribution is 7.99. The second-order valence-electron chi connectivity index (χ2n) is 4.75. The lowest BCUT2D eigenvalue weighted by molar-refractivity contribution is -0.113. The van der Waals surface area contributed by atoms with Crippen molar-refractivity contribution in [3.63, 3.8) is 0 Å². The molecule has 0 saturated carbocycles. The number of hydrogen-bond donors (Lipinski definition) is 1. The Balaban J connectivity index is 1.58. The van der Waals surface area contributed by atoms with E-state index in [1.165, 1.54) is 16.9 Å². The van der Waals surface area contributed by atoms with Gasteiger partial charge in [-0.15, -0.1) is 11.8 Å². The molecular weight excluding hydrogens is 371 g/mol. The Morgan fingerprint density at radius 3 is 2.74 bits per heavy atom. The second kappa shape index (κ2) is 7.53. The number of benzene rings is 2. The highest BCUT2D eigenvalue weighted by Gasteiger charge is 2.12. The molecule has 0 spiro atoms. The van der Waals surface area contributed by atoms with Gasteiger partial charge in [0.25, 0.3) is 0 Å². The highest BCUT2D eigenvalue weighted by atomic mass is 35.5. The molecule has 23 heavy (non-hydrogen) atoms. The molecule has 0 atom stereocenters. The van der Waals surface area contributed by atoms with E-state index >= 15 is 0 Å². The van der Waals surface area contributed by atoms with E-state index in [-0.39, 0.29) is 5.91 Å². The van der Waals surface area contributed by atoms with Gasteiger partial charge in [0.05, 0.1) is 20.5 Å². The van der Waals surface area contributed by atoms with Crippen molar-refractivity contribution >= 4 is 67.6 Å². The standard InChI is InChI=1S/C16H12Cl2N2OS2/c17-11-6-7-12-15(14(11)18)20-16(23-12)19-13(21)9-22-8-10-4-2-1-3-5-10/h1-7H,8-9H2,(H,19,20,21). The maximum absolute atomic E-state index is 12.0. The first-order valence-corrected chi connectivity index (χ1v) is 9.52. The topological polar surface area (TPSA) is 42.0 Å². The summed E-state index contributed by atoms with van der Waals surface area (Å²) in [7, 11) is 0. The van der Waals surface area contributed by atoms with E-state index in [2.05, 4.69) is 10.3 Å². The average Bonchev–Trinajstić information content (AvgIpc) is 2.95. The molecule has 1 N–H and O–H groups in total. The van der Waals surface area contributed by atoms with Gasteiger partial charge in [-0.05, 0) is 17.7 Å². The molecule has 0 unspecified atom stereocenters. The number of aromatic nitrogens is 1. The number of halogens is 2. The van der Waals surface area contributed by atoms with Crippen LogP contribution in [0.5, 0.6) is 0 Å². The van der Waals surface area contributed by atoms with Crippen LogP contribution in [-0.4, -0.2) is 16.6 Å². The van der Waals surface area contributed by atoms with Crippen molar-refractivity contribution in [2.24, 2.45) is 0 Å². The molecule has 3 rings (SSSR count). The molecule has 1 amide bonds. The van der Waals surface area contributed by atoms with E-state index in [1.54, 1.807) is 17.8 Å². The third kappa shape index (κ3) is 4.18. The zero-order chi connectivity index (χ0) is 16.2. The molecule has 0 saturated heterocycles. The van der Waals surface area contributed by atoms with Crippen LogP contribution in [0.3, 0.4) is 0 Å². The second-order valence-corrected chi connectivity index (χ2v) is 7.56. The van der Waals surface area contributed by atoms with Gasteiger partial charge in [-0.2, -0.15) is 0 Å². The van der Waals surface area contributed by atoms with Gasteiger partial charge in [0.2, 0.25) is 5.91 Å². The fourth-order valence-corrected chi connectivity index (χ4v) is 4.08. The predicted octanol–water partition coefficient (Wildman–Crippen LogP) is 5.48. The van der Waals surface area contributed by atoms with Crippen molar-refractivity contribution in [3.05, 3.63) is 58.1 Å². The van der Waals surface area contributed by atoms with Gasteiger partial charge >= 0.3 is 0 Å². The molecule has 0 aliphatic carbocycles. The summed E-state index contributed by atoms with van der Waals surface area (Å²) in [6, 6.07) is 13.6. The summed E-state index contributed by atoms with van der Waals surface area (Å²) in [6.45, 7) is 0. The van der Waals surface area contributed by atoms with Crippen LogP contribution in [-0.2, 0) is 10.5 Å². The van der Waals surface area contributed by atoms with E-state index in [4.69, 9.17) is 23.2 Å². The van der Waals surface area contributed by atoms with Gasteiger partial charge in [-0.3, -0.25) is 4.79 Å². The number of fused-ring (bicyclic) bond motifs is 1. The van der Waals surface area contributed by atoms with E-state index in [1.807, 2.05) is 36.4 Å². The maximum atomic E-state index is 12.0. The van der Waals surface area contributed by atoms with Crippen molar-refractivity contribution in [2.45, 2.75) is 5.75 Å². The molecule has 0 aliphatic heterocycles. The van der Waals surface area contributed by atoms with Crippen LogP contribution in [0.1, 0.15) is 5.56 Å². The maximum Gasteiger partial charge on any atom is 0.236 e. The molecule has 2 aromatic carbocycles. The van der Waals surface area contributed by atoms with Crippen molar-refractivity contribution in [1.82, 2.24) is 4.98 Å². The molecule has 3 aromatic rings. The Morgan fingerprint density at radius 1 is 1.17 bits per heavy atom. The number of thioether (sulfide) groups is 1. The summed E-state index contributed by atoms with van der Waals surface area (Å²) in [4.78, 5) is 16.3. The smallest absolute Gasteiger partial charge is 0.236 e. The first-order valence-electron chi connectivity index (χ1n) is 6.79. The number of rotatable bonds is 5. The molecule has 1 aromatic heterocycles. The van der Waals surface area contributed by atoms with E-state index in [0.717, 1.165) is 10.5 Å². The van der Waals surface area contributed by atoms with Crippen molar-refractivity contribution in [1.29, 1.82) is 0 Å². The SMILES string of the molecule is O=C(CSCc1ccccc1)Nc1nc2c(Cl)c(Cl)ccc2s1. The third-order valence-corrected chi connectivity index (χ3v) is 5.78. The first kappa shape index (κ1) is 16.6. The summed E-state index contributed by atoms with van der Waals surface area (Å²) in [5.41, 5.74) is 1.82. The van der Waals surface area contributed by atoms with E-state index in [9.17, 15) is 4.79 Å². The lowest BCUT2D eigenvalue weighted by Gasteiger charge is -2.02. The molecule has 0 fully saturated rings. The van der Waals surface area contributed by atoms with Crippen LogP contribution in [0.2, 0.25) is 10.0 Å².